The van der Waals surface area contributed by atoms with E-state index in [1.165, 1.54) is 0 Å². The Labute approximate surface area is 93.0 Å². The van der Waals surface area contributed by atoms with E-state index in [1.54, 1.807) is 0 Å². The van der Waals surface area contributed by atoms with Gasteiger partial charge in [0.25, 0.3) is 0 Å². The molecule has 0 bridgehead atoms. The molecule has 0 atom stereocenters. The Bertz CT molecular complexity index is 248. The average molecular weight is 210 g/mol. The number of hydrogen-bond acceptors (Lipinski definition) is 2. The number of carbonyl (C=O) groups excluding carboxylic acids is 1. The van der Waals surface area contributed by atoms with Gasteiger partial charge in [-0.1, -0.05) is 11.1 Å². The summed E-state index contributed by atoms with van der Waals surface area (Å²) in [6.07, 6.45) is 1.30. The van der Waals surface area contributed by atoms with Gasteiger partial charge in [0.1, 0.15) is 0 Å². The molecule has 15 heavy (non-hydrogen) atoms. The molecule has 0 aliphatic carbocycles. The summed E-state index contributed by atoms with van der Waals surface area (Å²) in [6.45, 7) is 15.7. The van der Waals surface area contributed by atoms with E-state index in [1.807, 2.05) is 27.7 Å². The first-order valence-electron chi connectivity index (χ1n) is 5.28. The van der Waals surface area contributed by atoms with Crippen LogP contribution in [0.2, 0.25) is 0 Å². The van der Waals surface area contributed by atoms with Crippen molar-refractivity contribution in [3.05, 3.63) is 24.3 Å². The minimum Gasteiger partial charge on any atom is -0.466 e. The number of hydrogen-bond donors (Lipinski definition) is 0. The summed E-state index contributed by atoms with van der Waals surface area (Å²) in [4.78, 5) is 11.8. The minimum absolute atomic E-state index is 0.156. The maximum Gasteiger partial charge on any atom is 0.312 e. The zero-order valence-electron chi connectivity index (χ0n) is 10.4. The summed E-state index contributed by atoms with van der Waals surface area (Å²) >= 11 is 0. The van der Waals surface area contributed by atoms with Gasteiger partial charge in [-0.15, -0.1) is 13.2 Å². The van der Waals surface area contributed by atoms with Gasteiger partial charge in [0.15, 0.2) is 0 Å². The van der Waals surface area contributed by atoms with Crippen molar-refractivity contribution in [1.29, 1.82) is 0 Å². The van der Waals surface area contributed by atoms with Crippen LogP contribution in [0.1, 0.15) is 40.5 Å². The van der Waals surface area contributed by atoms with E-state index in [-0.39, 0.29) is 5.97 Å². The van der Waals surface area contributed by atoms with Crippen LogP contribution in [0.4, 0.5) is 0 Å². The molecule has 0 aliphatic heterocycles. The quantitative estimate of drug-likeness (QED) is 0.495. The monoisotopic (exact) mass is 210 g/mol. The molecule has 0 amide bonds. The highest BCUT2D eigenvalue weighted by Gasteiger charge is 2.34. The predicted octanol–water partition coefficient (Wildman–Crippen LogP) is 3.49. The van der Waals surface area contributed by atoms with Gasteiger partial charge in [-0.25, -0.2) is 0 Å². The highest BCUT2D eigenvalue weighted by molar-refractivity contribution is 5.77. The van der Waals surface area contributed by atoms with E-state index in [4.69, 9.17) is 4.74 Å². The van der Waals surface area contributed by atoms with Gasteiger partial charge in [0.05, 0.1) is 12.0 Å². The second kappa shape index (κ2) is 5.74. The molecular weight excluding hydrogens is 188 g/mol. The number of allylic oxidation sites excluding steroid dienone is 2. The van der Waals surface area contributed by atoms with Crippen LogP contribution < -0.4 is 0 Å². The maximum absolute atomic E-state index is 11.8. The zero-order valence-corrected chi connectivity index (χ0v) is 10.4. The smallest absolute Gasteiger partial charge is 0.312 e. The van der Waals surface area contributed by atoms with Gasteiger partial charge in [0.2, 0.25) is 0 Å². The van der Waals surface area contributed by atoms with Crippen LogP contribution in [0, 0.1) is 5.41 Å². The lowest BCUT2D eigenvalue weighted by Gasteiger charge is -2.27. The van der Waals surface area contributed by atoms with Crippen molar-refractivity contribution in [2.45, 2.75) is 40.5 Å². The molecule has 0 spiro atoms. The standard InChI is InChI=1S/C13H22O2/c1-7-15-12(14)13(6,8-10(2)3)9-11(4)5/h2,4,7-9H2,1,3,5-6H3. The number of ether oxygens (including phenoxy) is 1. The van der Waals surface area contributed by atoms with Crippen LogP contribution in [-0.2, 0) is 9.53 Å². The normalized spacial score (nSPS) is 10.9. The molecule has 86 valence electrons. The number of rotatable bonds is 6. The summed E-state index contributed by atoms with van der Waals surface area (Å²) in [6, 6.07) is 0. The lowest BCUT2D eigenvalue weighted by Crippen LogP contribution is -2.30. The lowest BCUT2D eigenvalue weighted by molar-refractivity contribution is -0.154. The molecule has 0 heterocycles. The highest BCUT2D eigenvalue weighted by Crippen LogP contribution is 2.33. The number of carbonyl (C=O) groups is 1. The molecular formula is C13H22O2. The SMILES string of the molecule is C=C(C)CC(C)(CC(=C)C)C(=O)OCC. The fraction of sp³-hybridized carbons (Fsp3) is 0.615. The molecule has 0 N–H and O–H groups in total. The van der Waals surface area contributed by atoms with Crippen molar-refractivity contribution in [3.63, 3.8) is 0 Å². The molecule has 0 aliphatic rings. The van der Waals surface area contributed by atoms with E-state index >= 15 is 0 Å². The first kappa shape index (κ1) is 13.9. The molecule has 2 nitrogen and oxygen atoms in total. The van der Waals surface area contributed by atoms with E-state index in [0.29, 0.717) is 19.4 Å². The van der Waals surface area contributed by atoms with E-state index in [9.17, 15) is 4.79 Å². The number of esters is 1. The average Bonchev–Trinajstić information content (AvgIpc) is 2.01. The first-order valence-corrected chi connectivity index (χ1v) is 5.28. The van der Waals surface area contributed by atoms with Crippen molar-refractivity contribution >= 4 is 5.97 Å². The van der Waals surface area contributed by atoms with Crippen molar-refractivity contribution in [2.24, 2.45) is 5.41 Å². The van der Waals surface area contributed by atoms with E-state index in [0.717, 1.165) is 11.1 Å². The van der Waals surface area contributed by atoms with Crippen LogP contribution in [-0.4, -0.2) is 12.6 Å². The Kier molecular flexibility index (Phi) is 5.34. The molecule has 0 radical (unpaired) electrons. The highest BCUT2D eigenvalue weighted by atomic mass is 16.5. The van der Waals surface area contributed by atoms with Gasteiger partial charge in [-0.2, -0.15) is 0 Å². The van der Waals surface area contributed by atoms with Crippen LogP contribution in [0.3, 0.4) is 0 Å². The third-order valence-electron chi connectivity index (χ3n) is 2.15. The fourth-order valence-corrected chi connectivity index (χ4v) is 1.84. The predicted molar refractivity (Wildman–Crippen MR) is 63.6 cm³/mol. The molecule has 0 aromatic heterocycles. The summed E-state index contributed by atoms with van der Waals surface area (Å²) in [5, 5.41) is 0. The molecule has 0 fully saturated rings. The summed E-state index contributed by atoms with van der Waals surface area (Å²) in [5.74, 6) is -0.156. The minimum atomic E-state index is -0.506. The van der Waals surface area contributed by atoms with Gasteiger partial charge < -0.3 is 4.74 Å². The first-order chi connectivity index (χ1) is 6.81. The topological polar surface area (TPSA) is 26.3 Å². The van der Waals surface area contributed by atoms with Crippen LogP contribution in [0.25, 0.3) is 0 Å². The fourth-order valence-electron chi connectivity index (χ4n) is 1.84. The molecule has 0 unspecified atom stereocenters. The Hall–Kier alpha value is -1.05. The molecule has 0 rings (SSSR count). The zero-order chi connectivity index (χ0) is 12.1. The molecule has 2 heteroatoms. The van der Waals surface area contributed by atoms with Gasteiger partial charge in [-0.3, -0.25) is 4.79 Å². The van der Waals surface area contributed by atoms with E-state index < -0.39 is 5.41 Å². The molecule has 0 aromatic carbocycles. The Morgan fingerprint density at radius 2 is 1.60 bits per heavy atom. The Morgan fingerprint density at radius 3 is 1.87 bits per heavy atom. The molecule has 0 aromatic rings. The summed E-state index contributed by atoms with van der Waals surface area (Å²) < 4.78 is 5.09. The maximum atomic E-state index is 11.8. The van der Waals surface area contributed by atoms with Crippen molar-refractivity contribution < 1.29 is 9.53 Å². The third-order valence-corrected chi connectivity index (χ3v) is 2.15. The molecule has 0 saturated carbocycles. The van der Waals surface area contributed by atoms with Gasteiger partial charge >= 0.3 is 5.97 Å². The van der Waals surface area contributed by atoms with Crippen LogP contribution >= 0.6 is 0 Å². The lowest BCUT2D eigenvalue weighted by atomic mass is 9.79. The van der Waals surface area contributed by atoms with Crippen molar-refractivity contribution in [3.8, 4) is 0 Å². The Balaban J connectivity index is 4.74. The van der Waals surface area contributed by atoms with Crippen LogP contribution in [0.5, 0.6) is 0 Å². The van der Waals surface area contributed by atoms with Crippen molar-refractivity contribution in [1.82, 2.24) is 0 Å². The Morgan fingerprint density at radius 1 is 1.20 bits per heavy atom. The largest absolute Gasteiger partial charge is 0.466 e. The van der Waals surface area contributed by atoms with Crippen molar-refractivity contribution in [2.75, 3.05) is 6.61 Å². The second-order valence-corrected chi connectivity index (χ2v) is 4.55. The van der Waals surface area contributed by atoms with E-state index in [2.05, 4.69) is 13.2 Å². The van der Waals surface area contributed by atoms with Gasteiger partial charge in [-0.05, 0) is 40.5 Å². The van der Waals surface area contributed by atoms with Gasteiger partial charge in [0, 0.05) is 0 Å². The summed E-state index contributed by atoms with van der Waals surface area (Å²) in [7, 11) is 0. The second-order valence-electron chi connectivity index (χ2n) is 4.55. The molecule has 0 saturated heterocycles. The third kappa shape index (κ3) is 4.82. The van der Waals surface area contributed by atoms with Crippen LogP contribution in [0.15, 0.2) is 24.3 Å². The summed E-state index contributed by atoms with van der Waals surface area (Å²) in [5.41, 5.74) is 1.48.